The van der Waals surface area contributed by atoms with Crippen molar-refractivity contribution in [2.24, 2.45) is 0 Å². The van der Waals surface area contributed by atoms with Crippen LogP contribution >= 0.6 is 0 Å². The summed E-state index contributed by atoms with van der Waals surface area (Å²) >= 11 is 0. The number of hydrogen-bond acceptors (Lipinski definition) is 9. The molecule has 2 N–H and O–H groups in total. The number of nitrogens with zero attached hydrogens (tertiary/aromatic N) is 6. The number of hydrogen-bond donors (Lipinski definition) is 2. The minimum atomic E-state index is 0.414. The highest BCUT2D eigenvalue weighted by Gasteiger charge is 2.22. The highest BCUT2D eigenvalue weighted by Crippen LogP contribution is 2.35. The zero-order valence-corrected chi connectivity index (χ0v) is 20.2. The van der Waals surface area contributed by atoms with E-state index >= 15 is 0 Å². The average Bonchev–Trinajstić information content (AvgIpc) is 3.46. The number of fused-ring (bicyclic) bond motifs is 1. The number of aromatic nitrogens is 6. The lowest BCUT2D eigenvalue weighted by molar-refractivity contribution is 0.446. The van der Waals surface area contributed by atoms with Crippen LogP contribution in [0.25, 0.3) is 22.5 Å². The van der Waals surface area contributed by atoms with Gasteiger partial charge in [0.15, 0.2) is 5.82 Å². The Morgan fingerprint density at radius 3 is 2.54 bits per heavy atom. The van der Waals surface area contributed by atoms with Crippen LogP contribution in [-0.4, -0.2) is 37.2 Å². The van der Waals surface area contributed by atoms with Crippen LogP contribution < -0.4 is 15.4 Å². The van der Waals surface area contributed by atoms with Crippen molar-refractivity contribution in [1.29, 1.82) is 0 Å². The summed E-state index contributed by atoms with van der Waals surface area (Å²) in [6, 6.07) is 19.5. The molecule has 1 aliphatic carbocycles. The molecule has 0 aliphatic heterocycles. The van der Waals surface area contributed by atoms with Gasteiger partial charge in [-0.15, -0.1) is 10.2 Å². The van der Waals surface area contributed by atoms with Gasteiger partial charge >= 0.3 is 0 Å². The smallest absolute Gasteiger partial charge is 0.230 e. The Morgan fingerprint density at radius 1 is 0.811 bits per heavy atom. The summed E-state index contributed by atoms with van der Waals surface area (Å²) in [5, 5.41) is 15.4. The second kappa shape index (κ2) is 9.98. The Bertz CT molecular complexity index is 1540. The maximum absolute atomic E-state index is 6.02. The minimum Gasteiger partial charge on any atom is -0.420 e. The molecular formula is C28H24N8O. The molecule has 6 rings (SSSR count). The molecule has 0 amide bonds. The lowest BCUT2D eigenvalue weighted by Crippen LogP contribution is -2.04. The fourth-order valence-corrected chi connectivity index (χ4v) is 4.46. The van der Waals surface area contributed by atoms with E-state index in [0.717, 1.165) is 47.6 Å². The van der Waals surface area contributed by atoms with Crippen molar-refractivity contribution in [3.63, 3.8) is 0 Å². The van der Waals surface area contributed by atoms with Gasteiger partial charge in [-0.05, 0) is 49.1 Å². The highest BCUT2D eigenvalue weighted by atomic mass is 16.5. The van der Waals surface area contributed by atoms with Crippen LogP contribution in [0.1, 0.15) is 17.5 Å². The topological polar surface area (TPSA) is 111 Å². The quantitative estimate of drug-likeness (QED) is 0.309. The van der Waals surface area contributed by atoms with Gasteiger partial charge in [0.2, 0.25) is 17.7 Å². The Hall–Kier alpha value is -4.92. The third-order valence-corrected chi connectivity index (χ3v) is 6.21. The van der Waals surface area contributed by atoms with Gasteiger partial charge in [-0.3, -0.25) is 0 Å². The van der Waals surface area contributed by atoms with Gasteiger partial charge in [0.1, 0.15) is 0 Å². The molecule has 5 aromatic rings. The molecule has 0 radical (unpaired) electrons. The number of rotatable bonds is 7. The number of ether oxygens (including phenoxy) is 1. The lowest BCUT2D eigenvalue weighted by atomic mass is 10.0. The number of anilines is 3. The van der Waals surface area contributed by atoms with E-state index in [0.29, 0.717) is 23.4 Å². The Balaban J connectivity index is 1.22. The molecule has 0 saturated carbocycles. The normalized spacial score (nSPS) is 12.1. The molecule has 4 aromatic heterocycles. The first-order valence-electron chi connectivity index (χ1n) is 12.1. The molecule has 1 aliphatic rings. The molecule has 1 aromatic carbocycles. The van der Waals surface area contributed by atoms with E-state index in [9.17, 15) is 0 Å². The van der Waals surface area contributed by atoms with E-state index in [1.165, 1.54) is 11.1 Å². The third kappa shape index (κ3) is 4.66. The van der Waals surface area contributed by atoms with Crippen molar-refractivity contribution < 1.29 is 4.74 Å². The maximum Gasteiger partial charge on any atom is 0.230 e. The summed E-state index contributed by atoms with van der Waals surface area (Å²) in [5.74, 6) is 2.13. The molecule has 0 fully saturated rings. The van der Waals surface area contributed by atoms with Gasteiger partial charge in [-0.1, -0.05) is 30.3 Å². The minimum absolute atomic E-state index is 0.414. The van der Waals surface area contributed by atoms with E-state index in [4.69, 9.17) is 4.74 Å². The molecular weight excluding hydrogens is 464 g/mol. The first-order valence-corrected chi connectivity index (χ1v) is 12.1. The fraction of sp³-hybridized carbons (Fsp3) is 0.143. The molecule has 9 nitrogen and oxygen atoms in total. The van der Waals surface area contributed by atoms with Gasteiger partial charge < -0.3 is 15.4 Å². The number of nitrogens with one attached hydrogen (secondary N) is 2. The standard InChI is InChI=1S/C28H24N8O/c1-29-28-31-16-14-23(34-28)22-11-6-15-30-27(22)37-24-13-12-19(17-32-24)33-26-21-10-5-9-20(21)25(35-36-26)18-7-3-2-4-8-18/h2-4,6-8,11-17H,5,9-10H2,1H3,(H,33,36)(H,29,31,34). The summed E-state index contributed by atoms with van der Waals surface area (Å²) in [5.41, 5.74) is 6.81. The van der Waals surface area contributed by atoms with Gasteiger partial charge in [0.25, 0.3) is 0 Å². The Labute approximate surface area is 214 Å². The van der Waals surface area contributed by atoms with Crippen molar-refractivity contribution in [2.75, 3.05) is 17.7 Å². The Kier molecular flexibility index (Phi) is 6.08. The second-order valence-electron chi connectivity index (χ2n) is 8.56. The first kappa shape index (κ1) is 22.5. The number of benzene rings is 1. The van der Waals surface area contributed by atoms with E-state index in [1.807, 2.05) is 42.5 Å². The van der Waals surface area contributed by atoms with Crippen LogP contribution in [0, 0.1) is 0 Å². The van der Waals surface area contributed by atoms with Crippen LogP contribution in [0.3, 0.4) is 0 Å². The van der Waals surface area contributed by atoms with Gasteiger partial charge in [-0.25, -0.2) is 19.9 Å². The van der Waals surface area contributed by atoms with Crippen LogP contribution in [0.4, 0.5) is 17.5 Å². The monoisotopic (exact) mass is 488 g/mol. The molecule has 0 saturated heterocycles. The van der Waals surface area contributed by atoms with Gasteiger partial charge in [-0.2, -0.15) is 0 Å². The molecule has 0 unspecified atom stereocenters. The highest BCUT2D eigenvalue weighted by molar-refractivity contribution is 5.70. The van der Waals surface area contributed by atoms with Crippen molar-refractivity contribution >= 4 is 17.5 Å². The summed E-state index contributed by atoms with van der Waals surface area (Å²) in [6.07, 6.45) is 8.15. The molecule has 9 heteroatoms. The van der Waals surface area contributed by atoms with Gasteiger partial charge in [0.05, 0.1) is 28.8 Å². The zero-order chi connectivity index (χ0) is 25.0. The molecule has 0 atom stereocenters. The zero-order valence-electron chi connectivity index (χ0n) is 20.2. The number of pyridine rings is 2. The summed E-state index contributed by atoms with van der Waals surface area (Å²) < 4.78 is 6.02. The van der Waals surface area contributed by atoms with E-state index < -0.39 is 0 Å². The Morgan fingerprint density at radius 2 is 1.70 bits per heavy atom. The lowest BCUT2D eigenvalue weighted by Gasteiger charge is -2.13. The summed E-state index contributed by atoms with van der Waals surface area (Å²) in [7, 11) is 1.77. The average molecular weight is 489 g/mol. The molecule has 4 heterocycles. The van der Waals surface area contributed by atoms with Crippen molar-refractivity contribution in [2.45, 2.75) is 19.3 Å². The van der Waals surface area contributed by atoms with Crippen LogP contribution in [0.2, 0.25) is 0 Å². The fourth-order valence-electron chi connectivity index (χ4n) is 4.46. The predicted molar refractivity (Wildman–Crippen MR) is 142 cm³/mol. The molecule has 0 bridgehead atoms. The maximum atomic E-state index is 6.02. The van der Waals surface area contributed by atoms with Crippen LogP contribution in [0.5, 0.6) is 11.8 Å². The van der Waals surface area contributed by atoms with Crippen molar-refractivity contribution in [1.82, 2.24) is 30.1 Å². The molecule has 37 heavy (non-hydrogen) atoms. The van der Waals surface area contributed by atoms with E-state index in [1.54, 1.807) is 31.7 Å². The molecule has 0 spiro atoms. The first-order chi connectivity index (χ1) is 18.3. The van der Waals surface area contributed by atoms with Crippen molar-refractivity contribution in [3.8, 4) is 34.3 Å². The largest absolute Gasteiger partial charge is 0.420 e. The van der Waals surface area contributed by atoms with Crippen LogP contribution in [-0.2, 0) is 12.8 Å². The predicted octanol–water partition coefficient (Wildman–Crippen LogP) is 5.46. The van der Waals surface area contributed by atoms with E-state index in [2.05, 4.69) is 52.9 Å². The van der Waals surface area contributed by atoms with Crippen molar-refractivity contribution in [3.05, 3.63) is 90.4 Å². The summed E-state index contributed by atoms with van der Waals surface area (Å²) in [4.78, 5) is 17.5. The summed E-state index contributed by atoms with van der Waals surface area (Å²) in [6.45, 7) is 0. The second-order valence-corrected chi connectivity index (χ2v) is 8.56. The van der Waals surface area contributed by atoms with Crippen LogP contribution in [0.15, 0.2) is 79.3 Å². The molecule has 182 valence electrons. The van der Waals surface area contributed by atoms with E-state index in [-0.39, 0.29) is 0 Å². The third-order valence-electron chi connectivity index (χ3n) is 6.21. The van der Waals surface area contributed by atoms with Gasteiger partial charge in [0, 0.05) is 36.6 Å². The SMILES string of the molecule is CNc1nccc(-c2cccnc2Oc2ccc(Nc3nnc(-c4ccccc4)c4c3CCC4)cn2)n1.